The van der Waals surface area contributed by atoms with Crippen LogP contribution in [-0.2, 0) is 16.1 Å². The molecule has 1 aliphatic rings. The fraction of sp³-hybridized carbons (Fsp3) is 0.571. The van der Waals surface area contributed by atoms with Gasteiger partial charge in [0.15, 0.2) is 5.03 Å². The van der Waals surface area contributed by atoms with E-state index in [9.17, 15) is 29.8 Å². The number of hydrazone groups is 1. The molecule has 0 spiro atoms. The molecule has 16 heteroatoms. The number of nitrogens with zero attached hydrogens (tertiary/aromatic N) is 5. The number of alkyl carbamates (subject to hydrolysis) is 1. The van der Waals surface area contributed by atoms with E-state index in [-0.39, 0.29) is 24.2 Å². The van der Waals surface area contributed by atoms with Gasteiger partial charge in [0.1, 0.15) is 11.7 Å². The maximum absolute atomic E-state index is 12.6. The molecule has 0 radical (unpaired) electrons. The summed E-state index contributed by atoms with van der Waals surface area (Å²) in [5.74, 6) is -0.431. The number of hydrogen-bond donors (Lipinski definition) is 4. The van der Waals surface area contributed by atoms with E-state index in [1.54, 1.807) is 4.90 Å². The number of hydrogen-bond acceptors (Lipinski definition) is 9. The molecular formula is C21H33N9O7. The van der Waals surface area contributed by atoms with Crippen molar-refractivity contribution in [3.8, 4) is 0 Å². The van der Waals surface area contributed by atoms with Gasteiger partial charge in [-0.15, -0.1) is 0 Å². The van der Waals surface area contributed by atoms with Crippen LogP contribution in [0.25, 0.3) is 0 Å². The summed E-state index contributed by atoms with van der Waals surface area (Å²) >= 11 is 0. The molecule has 6 N–H and O–H groups in total. The first-order valence-electron chi connectivity index (χ1n) is 11.8. The third kappa shape index (κ3) is 11.0. The van der Waals surface area contributed by atoms with Gasteiger partial charge in [-0.25, -0.2) is 14.9 Å². The topological polar surface area (TPSA) is 225 Å². The molecule has 1 atom stereocenters. The maximum Gasteiger partial charge on any atom is 0.407 e. The van der Waals surface area contributed by atoms with Crippen LogP contribution in [0.3, 0.4) is 0 Å². The number of carbonyl (C=O) groups is 2. The highest BCUT2D eigenvalue weighted by molar-refractivity contribution is 5.81. The lowest BCUT2D eigenvalue weighted by atomic mass is 10.1. The van der Waals surface area contributed by atoms with Gasteiger partial charge in [-0.1, -0.05) is 0 Å². The zero-order valence-electron chi connectivity index (χ0n) is 20.4. The molecule has 204 valence electrons. The van der Waals surface area contributed by atoms with Gasteiger partial charge in [0.05, 0.1) is 11.0 Å². The van der Waals surface area contributed by atoms with Gasteiger partial charge in [0.25, 0.3) is 11.6 Å². The van der Waals surface area contributed by atoms with Crippen LogP contribution in [0.15, 0.2) is 29.4 Å². The van der Waals surface area contributed by atoms with E-state index < -0.39 is 22.1 Å². The van der Waals surface area contributed by atoms with Crippen molar-refractivity contribution >= 4 is 23.6 Å². The zero-order valence-corrected chi connectivity index (χ0v) is 20.4. The van der Waals surface area contributed by atoms with Crippen molar-refractivity contribution in [2.75, 3.05) is 45.8 Å². The molecule has 1 aromatic carbocycles. The second-order valence-corrected chi connectivity index (χ2v) is 8.35. The van der Waals surface area contributed by atoms with Gasteiger partial charge in [0.2, 0.25) is 5.91 Å². The molecule has 1 fully saturated rings. The van der Waals surface area contributed by atoms with E-state index in [1.165, 1.54) is 24.3 Å². The number of nitrogens with one attached hydrogen (secondary N) is 2. The van der Waals surface area contributed by atoms with Gasteiger partial charge in [-0.05, 0) is 43.5 Å². The summed E-state index contributed by atoms with van der Waals surface area (Å²) in [6.07, 6.45) is 1.05. The molecule has 37 heavy (non-hydrogen) atoms. The Morgan fingerprint density at radius 3 is 2.32 bits per heavy atom. The Kier molecular flexibility index (Phi) is 11.9. The first kappa shape index (κ1) is 29.2. The summed E-state index contributed by atoms with van der Waals surface area (Å²) in [7, 11) is 0. The Morgan fingerprint density at radius 2 is 1.70 bits per heavy atom. The van der Waals surface area contributed by atoms with E-state index in [1.807, 2.05) is 0 Å². The van der Waals surface area contributed by atoms with Crippen molar-refractivity contribution in [3.63, 3.8) is 0 Å². The minimum atomic E-state index is -0.894. The Labute approximate surface area is 213 Å². The fourth-order valence-electron chi connectivity index (χ4n) is 3.62. The molecule has 1 aromatic rings. The summed E-state index contributed by atoms with van der Waals surface area (Å²) in [6.45, 7) is 4.00. The van der Waals surface area contributed by atoms with Gasteiger partial charge in [-0.3, -0.25) is 19.8 Å². The smallest absolute Gasteiger partial charge is 0.407 e. The molecular weight excluding hydrogens is 490 g/mol. The minimum Gasteiger partial charge on any atom is -0.445 e. The number of guanidine groups is 1. The van der Waals surface area contributed by atoms with E-state index in [0.29, 0.717) is 64.1 Å². The van der Waals surface area contributed by atoms with Gasteiger partial charge < -0.3 is 31.7 Å². The second kappa shape index (κ2) is 15.1. The normalized spacial score (nSPS) is 15.1. The Bertz CT molecular complexity index is 950. The highest BCUT2D eigenvalue weighted by Gasteiger charge is 2.24. The average molecular weight is 524 g/mol. The lowest BCUT2D eigenvalue weighted by Crippen LogP contribution is -2.53. The van der Waals surface area contributed by atoms with E-state index >= 15 is 0 Å². The summed E-state index contributed by atoms with van der Waals surface area (Å²) in [5, 5.41) is 28.2. The lowest BCUT2D eigenvalue weighted by molar-refractivity contribution is -0.485. The first-order chi connectivity index (χ1) is 17.7. The quantitative estimate of drug-likeness (QED) is 0.0852. The number of rotatable bonds is 13. The van der Waals surface area contributed by atoms with Gasteiger partial charge in [0, 0.05) is 51.4 Å². The number of non-ortho nitro benzene ring substituents is 1. The third-order valence-corrected chi connectivity index (χ3v) is 5.63. The van der Waals surface area contributed by atoms with Crippen LogP contribution in [0.1, 0.15) is 24.8 Å². The number of ether oxygens (including phenoxy) is 1. The monoisotopic (exact) mass is 523 g/mol. The first-order valence-corrected chi connectivity index (χ1v) is 11.8. The van der Waals surface area contributed by atoms with Gasteiger partial charge >= 0.3 is 6.09 Å². The SMILES string of the molecule is N/C(=N\[N+](=O)[O-])NCCC[C@H](N)C(=O)N1CCN(CCCNC(=O)OCc2ccc([N+](=O)[O-])cc2)CC1. The molecule has 16 nitrogen and oxygen atoms in total. The van der Waals surface area contributed by atoms with Crippen molar-refractivity contribution in [1.29, 1.82) is 0 Å². The van der Waals surface area contributed by atoms with Crippen molar-refractivity contribution < 1.29 is 24.3 Å². The highest BCUT2D eigenvalue weighted by atomic mass is 16.7. The predicted molar refractivity (Wildman–Crippen MR) is 133 cm³/mol. The largest absolute Gasteiger partial charge is 0.445 e. The summed E-state index contributed by atoms with van der Waals surface area (Å²) in [4.78, 5) is 48.7. The number of nitro benzene ring substituents is 1. The number of piperazine rings is 1. The average Bonchev–Trinajstić information content (AvgIpc) is 2.87. The molecule has 1 heterocycles. The number of benzene rings is 1. The Hall–Kier alpha value is -4.05. The Balaban J connectivity index is 1.54. The van der Waals surface area contributed by atoms with E-state index in [2.05, 4.69) is 20.6 Å². The van der Waals surface area contributed by atoms with Gasteiger partial charge in [-0.2, -0.15) is 0 Å². The van der Waals surface area contributed by atoms with Crippen LogP contribution < -0.4 is 22.1 Å². The molecule has 0 unspecified atom stereocenters. The Morgan fingerprint density at radius 1 is 1.05 bits per heavy atom. The molecule has 1 saturated heterocycles. The van der Waals surface area contributed by atoms with Crippen LogP contribution in [0, 0.1) is 20.2 Å². The number of nitrogens with two attached hydrogens (primary N) is 2. The van der Waals surface area contributed by atoms with Crippen LogP contribution in [-0.4, -0.2) is 89.6 Å². The zero-order chi connectivity index (χ0) is 27.2. The fourth-order valence-corrected chi connectivity index (χ4v) is 3.62. The standard InChI is InChI=1S/C21H33N9O7/c22-18(3-1-8-24-20(23)26-30(35)36)19(31)28-13-11-27(12-14-28)10-2-9-25-21(32)37-15-16-4-6-17(7-5-16)29(33)34/h4-7,18H,1-3,8-15,22H2,(H,25,32)(H3,23,24,26)/t18-/m0/s1. The minimum absolute atomic E-state index is 0.0162. The second-order valence-electron chi connectivity index (χ2n) is 8.35. The third-order valence-electron chi connectivity index (χ3n) is 5.63. The van der Waals surface area contributed by atoms with Crippen molar-refractivity contribution in [3.05, 3.63) is 50.1 Å². The van der Waals surface area contributed by atoms with E-state index in [0.717, 1.165) is 6.54 Å². The van der Waals surface area contributed by atoms with Crippen LogP contribution in [0.4, 0.5) is 10.5 Å². The van der Waals surface area contributed by atoms with Crippen LogP contribution >= 0.6 is 0 Å². The van der Waals surface area contributed by atoms with Crippen molar-refractivity contribution in [2.45, 2.75) is 31.9 Å². The molecule has 1 aliphatic heterocycles. The van der Waals surface area contributed by atoms with Crippen LogP contribution in [0.2, 0.25) is 0 Å². The summed E-state index contributed by atoms with van der Waals surface area (Å²) in [5.41, 5.74) is 12.0. The lowest BCUT2D eigenvalue weighted by Gasteiger charge is -2.36. The molecule has 2 rings (SSSR count). The van der Waals surface area contributed by atoms with E-state index in [4.69, 9.17) is 16.2 Å². The highest BCUT2D eigenvalue weighted by Crippen LogP contribution is 2.12. The molecule has 0 aromatic heterocycles. The molecule has 0 aliphatic carbocycles. The molecule has 2 amide bonds. The molecule has 0 saturated carbocycles. The van der Waals surface area contributed by atoms with Crippen molar-refractivity contribution in [1.82, 2.24) is 20.4 Å². The summed E-state index contributed by atoms with van der Waals surface area (Å²) < 4.78 is 5.11. The number of amides is 2. The van der Waals surface area contributed by atoms with Crippen LogP contribution in [0.5, 0.6) is 0 Å². The summed E-state index contributed by atoms with van der Waals surface area (Å²) in [6, 6.07) is 5.12. The maximum atomic E-state index is 12.6. The van der Waals surface area contributed by atoms with Crippen molar-refractivity contribution in [2.24, 2.45) is 16.6 Å². The molecule has 0 bridgehead atoms. The number of nitro groups is 2. The predicted octanol–water partition coefficient (Wildman–Crippen LogP) is -0.441. The number of carbonyl (C=O) groups excluding carboxylic acids is 2.